The first-order valence-electron chi connectivity index (χ1n) is 7.39. The fourth-order valence-electron chi connectivity index (χ4n) is 2.53. The van der Waals surface area contributed by atoms with Crippen molar-refractivity contribution < 1.29 is 19.0 Å². The van der Waals surface area contributed by atoms with Gasteiger partial charge in [0, 0.05) is 17.4 Å². The average Bonchev–Trinajstić information content (AvgIpc) is 3.06. The van der Waals surface area contributed by atoms with Gasteiger partial charge in [0.1, 0.15) is 0 Å². The molecular formula is C16H23NO4S. The summed E-state index contributed by atoms with van der Waals surface area (Å²) in [4.78, 5) is 12.3. The number of rotatable bonds is 7. The van der Waals surface area contributed by atoms with Crippen LogP contribution in [0, 0.1) is 0 Å². The number of nitrogens with one attached hydrogen (secondary N) is 1. The second-order valence-corrected chi connectivity index (χ2v) is 6.50. The maximum atomic E-state index is 12.3. The molecule has 1 unspecified atom stereocenters. The molecule has 1 aromatic carbocycles. The van der Waals surface area contributed by atoms with E-state index in [9.17, 15) is 4.79 Å². The van der Waals surface area contributed by atoms with E-state index in [0.717, 1.165) is 6.42 Å². The smallest absolute Gasteiger partial charge is 0.251 e. The largest absolute Gasteiger partial charge is 0.493 e. The SMILES string of the molecule is COc1cc(C(=O)NCCC2CCCS2)cc(OC)c1OC. The predicted octanol–water partition coefficient (Wildman–Crippen LogP) is 2.73. The van der Waals surface area contributed by atoms with E-state index < -0.39 is 0 Å². The molecule has 1 atom stereocenters. The first kappa shape index (κ1) is 16.8. The molecular weight excluding hydrogens is 302 g/mol. The van der Waals surface area contributed by atoms with Crippen LogP contribution in [0.4, 0.5) is 0 Å². The molecule has 0 bridgehead atoms. The van der Waals surface area contributed by atoms with Crippen LogP contribution >= 0.6 is 11.8 Å². The van der Waals surface area contributed by atoms with E-state index in [1.165, 1.54) is 32.8 Å². The van der Waals surface area contributed by atoms with E-state index in [-0.39, 0.29) is 5.91 Å². The van der Waals surface area contributed by atoms with Crippen LogP contribution in [0.25, 0.3) is 0 Å². The summed E-state index contributed by atoms with van der Waals surface area (Å²) in [7, 11) is 4.62. The number of amides is 1. The molecule has 2 rings (SSSR count). The molecule has 22 heavy (non-hydrogen) atoms. The minimum absolute atomic E-state index is 0.123. The lowest BCUT2D eigenvalue weighted by atomic mass is 10.1. The summed E-state index contributed by atoms with van der Waals surface area (Å²) < 4.78 is 15.8. The molecule has 0 saturated carbocycles. The van der Waals surface area contributed by atoms with Gasteiger partial charge >= 0.3 is 0 Å². The second kappa shape index (κ2) is 8.17. The van der Waals surface area contributed by atoms with Gasteiger partial charge in [0.25, 0.3) is 5.91 Å². The highest BCUT2D eigenvalue weighted by Crippen LogP contribution is 2.38. The molecule has 122 valence electrons. The van der Waals surface area contributed by atoms with Gasteiger partial charge in [-0.25, -0.2) is 0 Å². The van der Waals surface area contributed by atoms with Crippen molar-refractivity contribution in [3.63, 3.8) is 0 Å². The summed E-state index contributed by atoms with van der Waals surface area (Å²) in [5, 5.41) is 3.64. The Morgan fingerprint density at radius 1 is 1.23 bits per heavy atom. The maximum absolute atomic E-state index is 12.3. The van der Waals surface area contributed by atoms with Gasteiger partial charge in [0.15, 0.2) is 11.5 Å². The molecule has 1 amide bonds. The summed E-state index contributed by atoms with van der Waals surface area (Å²) in [5.41, 5.74) is 0.508. The van der Waals surface area contributed by atoms with Crippen molar-refractivity contribution in [1.29, 1.82) is 0 Å². The minimum atomic E-state index is -0.123. The van der Waals surface area contributed by atoms with E-state index in [4.69, 9.17) is 14.2 Å². The van der Waals surface area contributed by atoms with Crippen molar-refractivity contribution in [2.24, 2.45) is 0 Å². The van der Waals surface area contributed by atoms with E-state index in [2.05, 4.69) is 5.32 Å². The highest BCUT2D eigenvalue weighted by atomic mass is 32.2. The zero-order valence-corrected chi connectivity index (χ0v) is 14.1. The molecule has 1 aliphatic rings. The Hall–Kier alpha value is -1.56. The van der Waals surface area contributed by atoms with Gasteiger partial charge in [-0.05, 0) is 37.1 Å². The Morgan fingerprint density at radius 3 is 2.41 bits per heavy atom. The third-order valence-electron chi connectivity index (χ3n) is 3.70. The Kier molecular flexibility index (Phi) is 6.24. The van der Waals surface area contributed by atoms with Crippen LogP contribution in [0.15, 0.2) is 12.1 Å². The molecule has 1 saturated heterocycles. The van der Waals surface area contributed by atoms with Gasteiger partial charge in [-0.15, -0.1) is 0 Å². The molecule has 6 heteroatoms. The van der Waals surface area contributed by atoms with Gasteiger partial charge in [-0.2, -0.15) is 11.8 Å². The molecule has 0 aromatic heterocycles. The normalized spacial score (nSPS) is 17.1. The summed E-state index contributed by atoms with van der Waals surface area (Å²) in [6, 6.07) is 3.34. The average molecular weight is 325 g/mol. The van der Waals surface area contributed by atoms with Gasteiger partial charge in [-0.1, -0.05) is 0 Å². The summed E-state index contributed by atoms with van der Waals surface area (Å²) in [5.74, 6) is 2.58. The number of carbonyl (C=O) groups is 1. The van der Waals surface area contributed by atoms with Crippen LogP contribution in [0.5, 0.6) is 17.2 Å². The molecule has 1 heterocycles. The second-order valence-electron chi connectivity index (χ2n) is 5.09. The van der Waals surface area contributed by atoms with Crippen LogP contribution in [-0.2, 0) is 0 Å². The van der Waals surface area contributed by atoms with E-state index in [1.807, 2.05) is 11.8 Å². The highest BCUT2D eigenvalue weighted by Gasteiger charge is 2.18. The van der Waals surface area contributed by atoms with Crippen molar-refractivity contribution in [2.75, 3.05) is 33.6 Å². The number of benzene rings is 1. The van der Waals surface area contributed by atoms with Crippen molar-refractivity contribution >= 4 is 17.7 Å². The Morgan fingerprint density at radius 2 is 1.91 bits per heavy atom. The molecule has 1 fully saturated rings. The standard InChI is InChI=1S/C16H23NO4S/c1-19-13-9-11(10-14(20-2)15(13)21-3)16(18)17-7-6-12-5-4-8-22-12/h9-10,12H,4-8H2,1-3H3,(H,17,18). The van der Waals surface area contributed by atoms with Gasteiger partial charge in [-0.3, -0.25) is 4.79 Å². The van der Waals surface area contributed by atoms with Crippen LogP contribution in [0.1, 0.15) is 29.6 Å². The number of carbonyl (C=O) groups excluding carboxylic acids is 1. The third kappa shape index (κ3) is 4.00. The molecule has 1 N–H and O–H groups in total. The Balaban J connectivity index is 2.01. The van der Waals surface area contributed by atoms with E-state index in [1.54, 1.807) is 19.2 Å². The van der Waals surface area contributed by atoms with Crippen LogP contribution in [-0.4, -0.2) is 44.8 Å². The third-order valence-corrected chi connectivity index (χ3v) is 5.17. The fraction of sp³-hybridized carbons (Fsp3) is 0.562. The van der Waals surface area contributed by atoms with Gasteiger partial charge in [0.05, 0.1) is 21.3 Å². The van der Waals surface area contributed by atoms with E-state index >= 15 is 0 Å². The zero-order chi connectivity index (χ0) is 15.9. The van der Waals surface area contributed by atoms with Crippen LogP contribution < -0.4 is 19.5 Å². The first-order chi connectivity index (χ1) is 10.7. The van der Waals surface area contributed by atoms with Crippen molar-refractivity contribution in [3.05, 3.63) is 17.7 Å². The van der Waals surface area contributed by atoms with Crippen molar-refractivity contribution in [1.82, 2.24) is 5.32 Å². The molecule has 1 aliphatic heterocycles. The quantitative estimate of drug-likeness (QED) is 0.835. The number of hydrogen-bond acceptors (Lipinski definition) is 5. The van der Waals surface area contributed by atoms with Crippen molar-refractivity contribution in [2.45, 2.75) is 24.5 Å². The molecule has 0 aliphatic carbocycles. The minimum Gasteiger partial charge on any atom is -0.493 e. The van der Waals surface area contributed by atoms with Gasteiger partial charge < -0.3 is 19.5 Å². The highest BCUT2D eigenvalue weighted by molar-refractivity contribution is 8.00. The van der Waals surface area contributed by atoms with Crippen LogP contribution in [0.3, 0.4) is 0 Å². The first-order valence-corrected chi connectivity index (χ1v) is 8.44. The van der Waals surface area contributed by atoms with E-state index in [0.29, 0.717) is 34.6 Å². The van der Waals surface area contributed by atoms with Crippen LogP contribution in [0.2, 0.25) is 0 Å². The lowest BCUT2D eigenvalue weighted by Gasteiger charge is -2.14. The van der Waals surface area contributed by atoms with Crippen molar-refractivity contribution in [3.8, 4) is 17.2 Å². The number of ether oxygens (including phenoxy) is 3. The topological polar surface area (TPSA) is 56.8 Å². The lowest BCUT2D eigenvalue weighted by Crippen LogP contribution is -2.26. The maximum Gasteiger partial charge on any atom is 0.251 e. The van der Waals surface area contributed by atoms with Gasteiger partial charge in [0.2, 0.25) is 5.75 Å². The summed E-state index contributed by atoms with van der Waals surface area (Å²) in [6.45, 7) is 0.688. The molecule has 5 nitrogen and oxygen atoms in total. The Bertz CT molecular complexity index is 490. The predicted molar refractivity (Wildman–Crippen MR) is 88.5 cm³/mol. The molecule has 0 spiro atoms. The molecule has 0 radical (unpaired) electrons. The summed E-state index contributed by atoms with van der Waals surface area (Å²) >= 11 is 2.00. The number of hydrogen-bond donors (Lipinski definition) is 1. The lowest BCUT2D eigenvalue weighted by molar-refractivity contribution is 0.0952. The molecule has 1 aromatic rings. The number of thioether (sulfide) groups is 1. The monoisotopic (exact) mass is 325 g/mol. The zero-order valence-electron chi connectivity index (χ0n) is 13.3. The Labute approximate surface area is 135 Å². The number of methoxy groups -OCH3 is 3. The fourth-order valence-corrected chi connectivity index (χ4v) is 3.82. The summed E-state index contributed by atoms with van der Waals surface area (Å²) in [6.07, 6.45) is 3.56.